The Morgan fingerprint density at radius 1 is 1.44 bits per heavy atom. The fraction of sp³-hybridized carbons (Fsp3) is 0.500. The van der Waals surface area contributed by atoms with Gasteiger partial charge in [-0.15, -0.1) is 0 Å². The first-order chi connectivity index (χ1) is 7.39. The van der Waals surface area contributed by atoms with Gasteiger partial charge >= 0.3 is 0 Å². The molecule has 2 nitrogen and oxygen atoms in total. The number of halogens is 2. The first-order valence-electron chi connectivity index (χ1n) is 5.18. The van der Waals surface area contributed by atoms with Gasteiger partial charge < -0.3 is 10.5 Å². The fourth-order valence-electron chi connectivity index (χ4n) is 2.30. The molecule has 0 aliphatic heterocycles. The summed E-state index contributed by atoms with van der Waals surface area (Å²) in [5.41, 5.74) is 6.87. The molecule has 1 aliphatic rings. The van der Waals surface area contributed by atoms with Crippen molar-refractivity contribution >= 4 is 15.9 Å². The minimum atomic E-state index is -0.346. The van der Waals surface area contributed by atoms with E-state index in [0.717, 1.165) is 10.0 Å². The summed E-state index contributed by atoms with van der Waals surface area (Å²) in [6.07, 6.45) is 0. The zero-order chi connectivity index (χ0) is 12.1. The topological polar surface area (TPSA) is 35.2 Å². The van der Waals surface area contributed by atoms with Crippen LogP contribution in [0.5, 0.6) is 5.75 Å². The van der Waals surface area contributed by atoms with E-state index in [4.69, 9.17) is 10.5 Å². The van der Waals surface area contributed by atoms with Crippen LogP contribution in [-0.2, 0) is 0 Å². The van der Waals surface area contributed by atoms with E-state index < -0.39 is 0 Å². The largest absolute Gasteiger partial charge is 0.493 e. The van der Waals surface area contributed by atoms with Crippen LogP contribution in [0.4, 0.5) is 4.39 Å². The standard InChI is InChI=1S/C12H15BrFNO/c1-12(2)9(11(12)15)7-4-6(13)5-8(14)10(7)16-3/h4-5,9,11H,15H2,1-3H3/t9-,11-/m0/s1. The molecule has 1 fully saturated rings. The van der Waals surface area contributed by atoms with Crippen molar-refractivity contribution in [2.75, 3.05) is 7.11 Å². The van der Waals surface area contributed by atoms with Crippen LogP contribution in [0.1, 0.15) is 25.3 Å². The van der Waals surface area contributed by atoms with E-state index in [-0.39, 0.29) is 23.2 Å². The van der Waals surface area contributed by atoms with Gasteiger partial charge in [0, 0.05) is 22.0 Å². The van der Waals surface area contributed by atoms with Gasteiger partial charge in [0.05, 0.1) is 7.11 Å². The van der Waals surface area contributed by atoms with E-state index >= 15 is 0 Å². The monoisotopic (exact) mass is 287 g/mol. The molecule has 0 unspecified atom stereocenters. The molecule has 4 heteroatoms. The van der Waals surface area contributed by atoms with Crippen molar-refractivity contribution in [2.45, 2.75) is 25.8 Å². The van der Waals surface area contributed by atoms with Crippen LogP contribution in [0.3, 0.4) is 0 Å². The molecule has 0 bridgehead atoms. The Hall–Kier alpha value is -0.610. The molecule has 1 aromatic rings. The van der Waals surface area contributed by atoms with E-state index in [1.165, 1.54) is 13.2 Å². The third-order valence-electron chi connectivity index (χ3n) is 3.49. The summed E-state index contributed by atoms with van der Waals surface area (Å²) in [5, 5.41) is 0. The second-order valence-electron chi connectivity index (χ2n) is 4.83. The number of benzene rings is 1. The van der Waals surface area contributed by atoms with E-state index in [1.807, 2.05) is 6.07 Å². The number of ether oxygens (including phenoxy) is 1. The van der Waals surface area contributed by atoms with E-state index in [2.05, 4.69) is 29.8 Å². The average Bonchev–Trinajstić information content (AvgIpc) is 2.64. The summed E-state index contributed by atoms with van der Waals surface area (Å²) in [5.74, 6) is 0.130. The number of nitrogens with two attached hydrogens (primary N) is 1. The van der Waals surface area contributed by atoms with Gasteiger partial charge in [-0.1, -0.05) is 29.8 Å². The molecule has 1 aromatic carbocycles. The summed E-state index contributed by atoms with van der Waals surface area (Å²) in [4.78, 5) is 0. The maximum Gasteiger partial charge on any atom is 0.166 e. The van der Waals surface area contributed by atoms with Gasteiger partial charge in [-0.2, -0.15) is 0 Å². The quantitative estimate of drug-likeness (QED) is 0.907. The molecule has 88 valence electrons. The summed E-state index contributed by atoms with van der Waals surface area (Å²) in [7, 11) is 1.48. The van der Waals surface area contributed by atoms with Crippen molar-refractivity contribution in [2.24, 2.45) is 11.1 Å². The molecule has 0 saturated heterocycles. The Kier molecular flexibility index (Phi) is 2.75. The van der Waals surface area contributed by atoms with Crippen LogP contribution in [-0.4, -0.2) is 13.2 Å². The predicted molar refractivity (Wildman–Crippen MR) is 65.1 cm³/mol. The number of methoxy groups -OCH3 is 1. The van der Waals surface area contributed by atoms with Gasteiger partial charge in [0.15, 0.2) is 11.6 Å². The lowest BCUT2D eigenvalue weighted by Crippen LogP contribution is -2.06. The normalized spacial score (nSPS) is 26.6. The Morgan fingerprint density at radius 3 is 2.44 bits per heavy atom. The van der Waals surface area contributed by atoms with Crippen LogP contribution in [0, 0.1) is 11.2 Å². The van der Waals surface area contributed by atoms with Gasteiger partial charge in [0.25, 0.3) is 0 Å². The molecule has 0 radical (unpaired) electrons. The van der Waals surface area contributed by atoms with Crippen LogP contribution in [0.15, 0.2) is 16.6 Å². The summed E-state index contributed by atoms with van der Waals surface area (Å²) < 4.78 is 19.5. The maximum atomic E-state index is 13.7. The first-order valence-corrected chi connectivity index (χ1v) is 5.97. The van der Waals surface area contributed by atoms with Crippen molar-refractivity contribution in [1.29, 1.82) is 0 Å². The van der Waals surface area contributed by atoms with Crippen molar-refractivity contribution in [3.63, 3.8) is 0 Å². The van der Waals surface area contributed by atoms with Crippen molar-refractivity contribution in [3.05, 3.63) is 28.0 Å². The highest BCUT2D eigenvalue weighted by Crippen LogP contribution is 2.59. The highest BCUT2D eigenvalue weighted by molar-refractivity contribution is 9.10. The SMILES string of the molecule is COc1c(F)cc(Br)cc1[C@H]1[C@H](N)C1(C)C. The molecule has 0 amide bonds. The lowest BCUT2D eigenvalue weighted by atomic mass is 10.0. The minimum absolute atomic E-state index is 0.0144. The Morgan fingerprint density at radius 2 is 2.00 bits per heavy atom. The third kappa shape index (κ3) is 1.64. The number of hydrogen-bond acceptors (Lipinski definition) is 2. The maximum absolute atomic E-state index is 13.7. The van der Waals surface area contributed by atoms with Crippen molar-refractivity contribution < 1.29 is 9.13 Å². The molecule has 0 heterocycles. The highest BCUT2D eigenvalue weighted by Gasteiger charge is 2.57. The number of hydrogen-bond donors (Lipinski definition) is 1. The van der Waals surface area contributed by atoms with Gasteiger partial charge in [-0.25, -0.2) is 4.39 Å². The van der Waals surface area contributed by atoms with E-state index in [1.54, 1.807) is 0 Å². The lowest BCUT2D eigenvalue weighted by molar-refractivity contribution is 0.379. The zero-order valence-electron chi connectivity index (χ0n) is 9.55. The molecule has 0 spiro atoms. The predicted octanol–water partition coefficient (Wildman–Crippen LogP) is 3.05. The molecule has 2 atom stereocenters. The Bertz CT molecular complexity index is 433. The van der Waals surface area contributed by atoms with Crippen LogP contribution in [0.25, 0.3) is 0 Å². The second-order valence-corrected chi connectivity index (χ2v) is 5.75. The molecule has 16 heavy (non-hydrogen) atoms. The van der Waals surface area contributed by atoms with Crippen LogP contribution >= 0.6 is 15.9 Å². The minimum Gasteiger partial charge on any atom is -0.493 e. The first kappa shape index (κ1) is 11.9. The summed E-state index contributed by atoms with van der Waals surface area (Å²) in [6.45, 7) is 4.17. The van der Waals surface area contributed by atoms with Crippen LogP contribution < -0.4 is 10.5 Å². The zero-order valence-corrected chi connectivity index (χ0v) is 11.1. The lowest BCUT2D eigenvalue weighted by Gasteiger charge is -2.11. The fourth-order valence-corrected chi connectivity index (χ4v) is 2.75. The molecular formula is C12H15BrFNO. The molecule has 1 aliphatic carbocycles. The van der Waals surface area contributed by atoms with E-state index in [0.29, 0.717) is 5.75 Å². The van der Waals surface area contributed by atoms with Gasteiger partial charge in [0.2, 0.25) is 0 Å². The van der Waals surface area contributed by atoms with E-state index in [9.17, 15) is 4.39 Å². The second kappa shape index (κ2) is 3.70. The van der Waals surface area contributed by atoms with Gasteiger partial charge in [-0.3, -0.25) is 0 Å². The van der Waals surface area contributed by atoms with Crippen molar-refractivity contribution in [1.82, 2.24) is 0 Å². The number of rotatable bonds is 2. The molecule has 2 N–H and O–H groups in total. The Balaban J connectivity index is 2.49. The third-order valence-corrected chi connectivity index (χ3v) is 3.94. The summed E-state index contributed by atoms with van der Waals surface area (Å²) in [6, 6.07) is 3.36. The highest BCUT2D eigenvalue weighted by atomic mass is 79.9. The van der Waals surface area contributed by atoms with Gasteiger partial charge in [0.1, 0.15) is 0 Å². The molecule has 1 saturated carbocycles. The molecule has 2 rings (SSSR count). The molecule has 0 aromatic heterocycles. The Labute approximate surface area is 103 Å². The van der Waals surface area contributed by atoms with Gasteiger partial charge in [-0.05, 0) is 17.5 Å². The molecular weight excluding hydrogens is 273 g/mol. The smallest absolute Gasteiger partial charge is 0.166 e. The summed E-state index contributed by atoms with van der Waals surface area (Å²) >= 11 is 3.29. The average molecular weight is 288 g/mol. The van der Waals surface area contributed by atoms with Crippen molar-refractivity contribution in [3.8, 4) is 5.75 Å². The van der Waals surface area contributed by atoms with Crippen LogP contribution in [0.2, 0.25) is 0 Å².